The highest BCUT2D eigenvalue weighted by molar-refractivity contribution is 7.09. The van der Waals surface area contributed by atoms with Gasteiger partial charge < -0.3 is 5.32 Å². The average molecular weight is 264 g/mol. The maximum atomic E-state index is 13.3. The number of rotatable bonds is 4. The molecule has 1 aromatic heterocycles. The topological polar surface area (TPSA) is 42.0 Å². The maximum Gasteiger partial charge on any atom is 0.224 e. The van der Waals surface area contributed by atoms with Crippen molar-refractivity contribution in [3.63, 3.8) is 0 Å². The molecular weight excluding hydrogens is 251 g/mol. The Morgan fingerprint density at radius 3 is 2.89 bits per heavy atom. The summed E-state index contributed by atoms with van der Waals surface area (Å²) < 4.78 is 13.3. The summed E-state index contributed by atoms with van der Waals surface area (Å²) in [5.41, 5.74) is 1.35. The number of amides is 1. The van der Waals surface area contributed by atoms with Gasteiger partial charge in [-0.15, -0.1) is 11.3 Å². The number of carbonyl (C=O) groups is 1. The van der Waals surface area contributed by atoms with Crippen molar-refractivity contribution in [2.75, 3.05) is 0 Å². The summed E-state index contributed by atoms with van der Waals surface area (Å²) in [5.74, 6) is -0.550. The number of nitrogens with zero attached hydrogens (tertiary/aromatic N) is 1. The van der Waals surface area contributed by atoms with Gasteiger partial charge in [0.05, 0.1) is 13.0 Å². The summed E-state index contributed by atoms with van der Waals surface area (Å²) in [5, 5.41) is 5.52. The van der Waals surface area contributed by atoms with Gasteiger partial charge in [0.2, 0.25) is 5.91 Å². The van der Waals surface area contributed by atoms with E-state index in [0.29, 0.717) is 12.1 Å². The Bertz CT molecular complexity index is 553. The van der Waals surface area contributed by atoms with E-state index in [1.165, 1.54) is 17.4 Å². The number of aryl methyl sites for hydroxylation is 1. The van der Waals surface area contributed by atoms with Gasteiger partial charge in [0.1, 0.15) is 10.8 Å². The summed E-state index contributed by atoms with van der Waals surface area (Å²) in [7, 11) is 0. The fourth-order valence-electron chi connectivity index (χ4n) is 1.54. The van der Waals surface area contributed by atoms with E-state index in [2.05, 4.69) is 10.3 Å². The molecule has 0 unspecified atom stereocenters. The van der Waals surface area contributed by atoms with Crippen molar-refractivity contribution in [3.05, 3.63) is 51.7 Å². The monoisotopic (exact) mass is 264 g/mol. The van der Waals surface area contributed by atoms with Crippen LogP contribution in [0.5, 0.6) is 0 Å². The van der Waals surface area contributed by atoms with E-state index in [1.54, 1.807) is 18.2 Å². The third kappa shape index (κ3) is 3.37. The molecule has 94 valence electrons. The number of halogens is 1. The van der Waals surface area contributed by atoms with Gasteiger partial charge >= 0.3 is 0 Å². The maximum absolute atomic E-state index is 13.3. The normalized spacial score (nSPS) is 10.3. The Balaban J connectivity index is 1.88. The van der Waals surface area contributed by atoms with Gasteiger partial charge in [-0.3, -0.25) is 4.79 Å². The lowest BCUT2D eigenvalue weighted by Crippen LogP contribution is -2.24. The van der Waals surface area contributed by atoms with Crippen LogP contribution in [0.2, 0.25) is 0 Å². The smallest absolute Gasteiger partial charge is 0.224 e. The lowest BCUT2D eigenvalue weighted by atomic mass is 10.1. The molecule has 0 spiro atoms. The zero-order valence-corrected chi connectivity index (χ0v) is 10.8. The molecular formula is C13H13FN2OS. The van der Waals surface area contributed by atoms with Gasteiger partial charge in [-0.25, -0.2) is 9.37 Å². The number of hydrogen-bond acceptors (Lipinski definition) is 3. The van der Waals surface area contributed by atoms with E-state index < -0.39 is 0 Å². The second-order valence-electron chi connectivity index (χ2n) is 3.93. The van der Waals surface area contributed by atoms with E-state index in [1.807, 2.05) is 12.3 Å². The molecule has 0 aliphatic rings. The third-order valence-corrected chi connectivity index (χ3v) is 3.38. The largest absolute Gasteiger partial charge is 0.349 e. The minimum absolute atomic E-state index is 0.0526. The van der Waals surface area contributed by atoms with Crippen LogP contribution in [-0.2, 0) is 17.8 Å². The first kappa shape index (κ1) is 12.7. The highest BCUT2D eigenvalue weighted by atomic mass is 32.1. The first-order chi connectivity index (χ1) is 8.65. The average Bonchev–Trinajstić information content (AvgIpc) is 2.76. The molecule has 0 fully saturated rings. The fraction of sp³-hybridized carbons (Fsp3) is 0.231. The van der Waals surface area contributed by atoms with Gasteiger partial charge in [-0.05, 0) is 18.6 Å². The van der Waals surface area contributed by atoms with Crippen LogP contribution in [-0.4, -0.2) is 10.9 Å². The molecule has 0 radical (unpaired) electrons. The van der Waals surface area contributed by atoms with Gasteiger partial charge in [0, 0.05) is 11.1 Å². The van der Waals surface area contributed by atoms with E-state index in [0.717, 1.165) is 10.7 Å². The fourth-order valence-corrected chi connectivity index (χ4v) is 2.25. The highest BCUT2D eigenvalue weighted by Gasteiger charge is 2.08. The number of aromatic nitrogens is 1. The van der Waals surface area contributed by atoms with Crippen LogP contribution in [0.1, 0.15) is 16.3 Å². The minimum Gasteiger partial charge on any atom is -0.349 e. The lowest BCUT2D eigenvalue weighted by molar-refractivity contribution is -0.120. The Morgan fingerprint density at radius 2 is 2.22 bits per heavy atom. The summed E-state index contributed by atoms with van der Waals surface area (Å²) in [4.78, 5) is 15.9. The van der Waals surface area contributed by atoms with Crippen molar-refractivity contribution >= 4 is 17.2 Å². The SMILES string of the molecule is Cc1csc(CNC(=O)Cc2ccccc2F)n1. The van der Waals surface area contributed by atoms with Crippen LogP contribution in [0, 0.1) is 12.7 Å². The summed E-state index contributed by atoms with van der Waals surface area (Å²) in [6.07, 6.45) is 0.0526. The molecule has 0 aliphatic heterocycles. The summed E-state index contributed by atoms with van der Waals surface area (Å²) in [6.45, 7) is 2.30. The van der Waals surface area contributed by atoms with Crippen LogP contribution in [0.3, 0.4) is 0 Å². The molecule has 3 nitrogen and oxygen atoms in total. The molecule has 0 bridgehead atoms. The van der Waals surface area contributed by atoms with Crippen molar-refractivity contribution in [2.24, 2.45) is 0 Å². The lowest BCUT2D eigenvalue weighted by Gasteiger charge is -2.04. The molecule has 0 saturated carbocycles. The van der Waals surface area contributed by atoms with E-state index in [4.69, 9.17) is 0 Å². The third-order valence-electron chi connectivity index (χ3n) is 2.41. The highest BCUT2D eigenvalue weighted by Crippen LogP contribution is 2.09. The molecule has 1 amide bonds. The second kappa shape index (κ2) is 5.73. The van der Waals surface area contributed by atoms with E-state index in [-0.39, 0.29) is 18.1 Å². The minimum atomic E-state index is -0.349. The van der Waals surface area contributed by atoms with Crippen molar-refractivity contribution in [3.8, 4) is 0 Å². The first-order valence-corrected chi connectivity index (χ1v) is 6.44. The van der Waals surface area contributed by atoms with Crippen LogP contribution >= 0.6 is 11.3 Å². The number of benzene rings is 1. The second-order valence-corrected chi connectivity index (χ2v) is 4.87. The molecule has 0 saturated heterocycles. The molecule has 2 aromatic rings. The van der Waals surface area contributed by atoms with Gasteiger partial charge in [0.15, 0.2) is 0 Å². The Kier molecular flexibility index (Phi) is 4.04. The van der Waals surface area contributed by atoms with E-state index in [9.17, 15) is 9.18 Å². The van der Waals surface area contributed by atoms with Gasteiger partial charge in [-0.2, -0.15) is 0 Å². The van der Waals surface area contributed by atoms with E-state index >= 15 is 0 Å². The number of hydrogen-bond donors (Lipinski definition) is 1. The molecule has 1 aromatic carbocycles. The van der Waals surface area contributed by atoms with Crippen LogP contribution in [0.25, 0.3) is 0 Å². The molecule has 1 N–H and O–H groups in total. The van der Waals surface area contributed by atoms with Crippen molar-refractivity contribution < 1.29 is 9.18 Å². The quantitative estimate of drug-likeness (QED) is 0.921. The molecule has 0 atom stereocenters. The number of nitrogens with one attached hydrogen (secondary N) is 1. The standard InChI is InChI=1S/C13H13FN2OS/c1-9-8-18-13(16-9)7-15-12(17)6-10-4-2-3-5-11(10)14/h2-5,8H,6-7H2,1H3,(H,15,17). The van der Waals surface area contributed by atoms with Gasteiger partial charge in [-0.1, -0.05) is 18.2 Å². The zero-order valence-electron chi connectivity index (χ0n) is 9.94. The molecule has 1 heterocycles. The zero-order chi connectivity index (χ0) is 13.0. The Labute approximate surface area is 109 Å². The molecule has 0 aliphatic carbocycles. The molecule has 5 heteroatoms. The predicted molar refractivity (Wildman–Crippen MR) is 68.8 cm³/mol. The van der Waals surface area contributed by atoms with Crippen LogP contribution in [0.4, 0.5) is 4.39 Å². The molecule has 2 rings (SSSR count). The Hall–Kier alpha value is -1.75. The van der Waals surface area contributed by atoms with Crippen LogP contribution in [0.15, 0.2) is 29.6 Å². The number of thiazole rings is 1. The van der Waals surface area contributed by atoms with Gasteiger partial charge in [0.25, 0.3) is 0 Å². The summed E-state index contributed by atoms with van der Waals surface area (Å²) >= 11 is 1.50. The summed E-state index contributed by atoms with van der Waals surface area (Å²) in [6, 6.07) is 6.29. The van der Waals surface area contributed by atoms with Crippen molar-refractivity contribution in [1.82, 2.24) is 10.3 Å². The number of carbonyl (C=O) groups excluding carboxylic acids is 1. The predicted octanol–water partition coefficient (Wildman–Crippen LogP) is 2.45. The Morgan fingerprint density at radius 1 is 1.44 bits per heavy atom. The molecule has 18 heavy (non-hydrogen) atoms. The van der Waals surface area contributed by atoms with Crippen LogP contribution < -0.4 is 5.32 Å². The van der Waals surface area contributed by atoms with Crippen molar-refractivity contribution in [1.29, 1.82) is 0 Å². The first-order valence-electron chi connectivity index (χ1n) is 5.56. The van der Waals surface area contributed by atoms with Crippen molar-refractivity contribution in [2.45, 2.75) is 19.9 Å².